The summed E-state index contributed by atoms with van der Waals surface area (Å²) in [6, 6.07) is 8.23. The van der Waals surface area contributed by atoms with Crippen LogP contribution in [0.4, 0.5) is 0 Å². The molecule has 2 aromatic rings. The molecule has 0 aliphatic rings. The molecule has 0 bridgehead atoms. The molecule has 4 heteroatoms. The Morgan fingerprint density at radius 3 is 2.68 bits per heavy atom. The number of fused-ring (bicyclic) bond motifs is 1. The van der Waals surface area contributed by atoms with Gasteiger partial charge in [0.15, 0.2) is 0 Å². The standard InChI is InChI=1S/C15H21N3O/c1-3-11(16)8-13-10(2)18(9-15(17)19)14-7-5-4-6-12(13)14/h4-7,11H,3,8-9,16H2,1-2H3,(H2,17,19). The van der Waals surface area contributed by atoms with Gasteiger partial charge in [0.25, 0.3) is 0 Å². The van der Waals surface area contributed by atoms with Crippen LogP contribution >= 0.6 is 0 Å². The second-order valence-electron chi connectivity index (χ2n) is 5.01. The van der Waals surface area contributed by atoms with Crippen LogP contribution in [-0.4, -0.2) is 16.5 Å². The van der Waals surface area contributed by atoms with Crippen molar-refractivity contribution in [3.05, 3.63) is 35.5 Å². The number of amides is 1. The van der Waals surface area contributed by atoms with Crippen molar-refractivity contribution in [2.45, 2.75) is 39.3 Å². The van der Waals surface area contributed by atoms with Crippen LogP contribution in [0.1, 0.15) is 24.6 Å². The van der Waals surface area contributed by atoms with Gasteiger partial charge in [-0.15, -0.1) is 0 Å². The number of carbonyl (C=O) groups is 1. The van der Waals surface area contributed by atoms with Crippen molar-refractivity contribution in [1.29, 1.82) is 0 Å². The summed E-state index contributed by atoms with van der Waals surface area (Å²) in [6.07, 6.45) is 1.77. The Bertz CT molecular complexity index is 601. The summed E-state index contributed by atoms with van der Waals surface area (Å²) in [5.74, 6) is -0.324. The largest absolute Gasteiger partial charge is 0.368 e. The van der Waals surface area contributed by atoms with Crippen molar-refractivity contribution in [3.8, 4) is 0 Å². The van der Waals surface area contributed by atoms with E-state index < -0.39 is 0 Å². The van der Waals surface area contributed by atoms with Crippen molar-refractivity contribution in [2.24, 2.45) is 11.5 Å². The molecule has 1 aromatic heterocycles. The van der Waals surface area contributed by atoms with E-state index in [-0.39, 0.29) is 18.5 Å². The average Bonchev–Trinajstić information content (AvgIpc) is 2.64. The maximum atomic E-state index is 11.2. The first-order chi connectivity index (χ1) is 9.04. The van der Waals surface area contributed by atoms with Crippen LogP contribution in [0.2, 0.25) is 0 Å². The summed E-state index contributed by atoms with van der Waals surface area (Å²) < 4.78 is 1.98. The zero-order valence-electron chi connectivity index (χ0n) is 11.5. The van der Waals surface area contributed by atoms with E-state index in [1.54, 1.807) is 0 Å². The highest BCUT2D eigenvalue weighted by Crippen LogP contribution is 2.27. The first-order valence-electron chi connectivity index (χ1n) is 6.65. The van der Waals surface area contributed by atoms with Gasteiger partial charge < -0.3 is 16.0 Å². The lowest BCUT2D eigenvalue weighted by Gasteiger charge is -2.10. The van der Waals surface area contributed by atoms with Crippen LogP contribution in [0.25, 0.3) is 10.9 Å². The van der Waals surface area contributed by atoms with Gasteiger partial charge in [0, 0.05) is 22.6 Å². The Labute approximate surface area is 113 Å². The molecule has 0 aliphatic heterocycles. The molecule has 4 nitrogen and oxygen atoms in total. The molecule has 1 unspecified atom stereocenters. The SMILES string of the molecule is CCC(N)Cc1c(C)n(CC(N)=O)c2ccccc12. The van der Waals surface area contributed by atoms with Crippen molar-refractivity contribution >= 4 is 16.8 Å². The van der Waals surface area contributed by atoms with E-state index in [4.69, 9.17) is 11.5 Å². The Morgan fingerprint density at radius 1 is 1.37 bits per heavy atom. The van der Waals surface area contributed by atoms with Crippen LogP contribution in [-0.2, 0) is 17.8 Å². The fourth-order valence-electron chi connectivity index (χ4n) is 2.53. The van der Waals surface area contributed by atoms with Crippen LogP contribution in [0.5, 0.6) is 0 Å². The Balaban J connectivity index is 2.56. The Kier molecular flexibility index (Phi) is 3.90. The van der Waals surface area contributed by atoms with Gasteiger partial charge in [-0.1, -0.05) is 25.1 Å². The molecular weight excluding hydrogens is 238 g/mol. The molecule has 1 heterocycles. The number of benzene rings is 1. The normalized spacial score (nSPS) is 12.8. The molecule has 0 fully saturated rings. The molecule has 4 N–H and O–H groups in total. The number of hydrogen-bond acceptors (Lipinski definition) is 2. The van der Waals surface area contributed by atoms with Gasteiger partial charge >= 0.3 is 0 Å². The maximum Gasteiger partial charge on any atom is 0.237 e. The van der Waals surface area contributed by atoms with Gasteiger partial charge in [0.2, 0.25) is 5.91 Å². The van der Waals surface area contributed by atoms with E-state index in [1.165, 1.54) is 10.9 Å². The predicted molar refractivity (Wildman–Crippen MR) is 77.8 cm³/mol. The summed E-state index contributed by atoms with van der Waals surface area (Å²) >= 11 is 0. The molecule has 0 spiro atoms. The Hall–Kier alpha value is -1.81. The molecule has 1 atom stereocenters. The monoisotopic (exact) mass is 259 g/mol. The number of para-hydroxylation sites is 1. The van der Waals surface area contributed by atoms with Crippen LogP contribution in [0.15, 0.2) is 24.3 Å². The fourth-order valence-corrected chi connectivity index (χ4v) is 2.53. The first-order valence-corrected chi connectivity index (χ1v) is 6.65. The third-order valence-electron chi connectivity index (χ3n) is 3.67. The topological polar surface area (TPSA) is 74.0 Å². The molecular formula is C15H21N3O. The van der Waals surface area contributed by atoms with Crippen LogP contribution in [0.3, 0.4) is 0 Å². The number of nitrogens with zero attached hydrogens (tertiary/aromatic N) is 1. The summed E-state index contributed by atoms with van der Waals surface area (Å²) in [5.41, 5.74) is 14.8. The number of rotatable bonds is 5. The second-order valence-corrected chi connectivity index (χ2v) is 5.01. The summed E-state index contributed by atoms with van der Waals surface area (Å²) in [4.78, 5) is 11.2. The number of aromatic nitrogens is 1. The van der Waals surface area contributed by atoms with Crippen molar-refractivity contribution in [1.82, 2.24) is 4.57 Å². The highest BCUT2D eigenvalue weighted by atomic mass is 16.1. The predicted octanol–water partition coefficient (Wildman–Crippen LogP) is 1.71. The number of carbonyl (C=O) groups excluding carboxylic acids is 1. The van der Waals surface area contributed by atoms with E-state index in [9.17, 15) is 4.79 Å². The molecule has 0 saturated heterocycles. The molecule has 0 aliphatic carbocycles. The van der Waals surface area contributed by atoms with E-state index in [0.717, 1.165) is 24.1 Å². The highest BCUT2D eigenvalue weighted by molar-refractivity contribution is 5.87. The molecule has 19 heavy (non-hydrogen) atoms. The van der Waals surface area contributed by atoms with Gasteiger partial charge in [-0.25, -0.2) is 0 Å². The Morgan fingerprint density at radius 2 is 2.05 bits per heavy atom. The van der Waals surface area contributed by atoms with Gasteiger partial charge in [0.05, 0.1) is 0 Å². The van der Waals surface area contributed by atoms with E-state index in [0.29, 0.717) is 0 Å². The molecule has 102 valence electrons. The third-order valence-corrected chi connectivity index (χ3v) is 3.67. The second kappa shape index (κ2) is 5.45. The number of primary amides is 1. The van der Waals surface area contributed by atoms with Crippen molar-refractivity contribution < 1.29 is 4.79 Å². The van der Waals surface area contributed by atoms with E-state index >= 15 is 0 Å². The van der Waals surface area contributed by atoms with Crippen LogP contribution < -0.4 is 11.5 Å². The lowest BCUT2D eigenvalue weighted by atomic mass is 10.0. The maximum absolute atomic E-state index is 11.2. The molecule has 0 saturated carbocycles. The summed E-state index contributed by atoms with van der Waals surface area (Å²) in [5, 5.41) is 1.17. The van der Waals surface area contributed by atoms with Gasteiger partial charge in [-0.3, -0.25) is 4.79 Å². The lowest BCUT2D eigenvalue weighted by Crippen LogP contribution is -2.22. The molecule has 0 radical (unpaired) electrons. The number of hydrogen-bond donors (Lipinski definition) is 2. The summed E-state index contributed by atoms with van der Waals surface area (Å²) in [7, 11) is 0. The summed E-state index contributed by atoms with van der Waals surface area (Å²) in [6.45, 7) is 4.33. The highest BCUT2D eigenvalue weighted by Gasteiger charge is 2.16. The molecule has 1 aromatic carbocycles. The van der Waals surface area contributed by atoms with E-state index in [2.05, 4.69) is 13.0 Å². The molecule has 1 amide bonds. The smallest absolute Gasteiger partial charge is 0.237 e. The van der Waals surface area contributed by atoms with Crippen molar-refractivity contribution in [3.63, 3.8) is 0 Å². The fraction of sp³-hybridized carbons (Fsp3) is 0.400. The average molecular weight is 259 g/mol. The minimum atomic E-state index is -0.324. The minimum absolute atomic E-state index is 0.145. The minimum Gasteiger partial charge on any atom is -0.368 e. The van der Waals surface area contributed by atoms with Gasteiger partial charge in [0.1, 0.15) is 6.54 Å². The first kappa shape index (κ1) is 13.6. The third kappa shape index (κ3) is 2.63. The van der Waals surface area contributed by atoms with E-state index in [1.807, 2.05) is 29.7 Å². The quantitative estimate of drug-likeness (QED) is 0.858. The van der Waals surface area contributed by atoms with Crippen LogP contribution in [0, 0.1) is 6.92 Å². The zero-order valence-corrected chi connectivity index (χ0v) is 11.5. The lowest BCUT2D eigenvalue weighted by molar-refractivity contribution is -0.118. The van der Waals surface area contributed by atoms with Gasteiger partial charge in [-0.2, -0.15) is 0 Å². The number of nitrogens with two attached hydrogens (primary N) is 2. The zero-order chi connectivity index (χ0) is 14.0. The molecule has 2 rings (SSSR count). The van der Waals surface area contributed by atoms with Gasteiger partial charge in [-0.05, 0) is 31.4 Å². The van der Waals surface area contributed by atoms with Crippen molar-refractivity contribution in [2.75, 3.05) is 0 Å².